The molecule has 1 N–H and O–H groups in total. The summed E-state index contributed by atoms with van der Waals surface area (Å²) in [5, 5.41) is 3.35. The van der Waals surface area contributed by atoms with E-state index in [1.54, 1.807) is 12.4 Å². The Morgan fingerprint density at radius 3 is 2.74 bits per heavy atom. The number of morpholine rings is 1. The number of ether oxygens (including phenoxy) is 1. The number of carbonyl (C=O) groups is 1. The van der Waals surface area contributed by atoms with Crippen molar-refractivity contribution < 1.29 is 9.53 Å². The normalized spacial score (nSPS) is 14.6. The summed E-state index contributed by atoms with van der Waals surface area (Å²) in [6, 6.07) is 8.10. The Hall–Kier alpha value is -2.40. The van der Waals surface area contributed by atoms with Crippen LogP contribution in [0.4, 0.5) is 11.4 Å². The Balaban J connectivity index is 1.79. The fourth-order valence-electron chi connectivity index (χ4n) is 2.60. The lowest BCUT2D eigenvalue weighted by Crippen LogP contribution is -2.40. The van der Waals surface area contributed by atoms with Gasteiger partial charge in [0.1, 0.15) is 0 Å². The third-order valence-electron chi connectivity index (χ3n) is 3.96. The molecule has 0 unspecified atom stereocenters. The van der Waals surface area contributed by atoms with Crippen LogP contribution in [0.15, 0.2) is 36.7 Å². The Morgan fingerprint density at radius 1 is 1.17 bits per heavy atom. The third kappa shape index (κ3) is 3.68. The highest BCUT2D eigenvalue weighted by Crippen LogP contribution is 2.22. The zero-order chi connectivity index (χ0) is 16.2. The zero-order valence-electron chi connectivity index (χ0n) is 13.5. The molecule has 2 aromatic rings. The number of amides is 1. The lowest BCUT2D eigenvalue weighted by atomic mass is 10.1. The van der Waals surface area contributed by atoms with Gasteiger partial charge in [-0.3, -0.25) is 9.78 Å². The third-order valence-corrected chi connectivity index (χ3v) is 3.96. The van der Waals surface area contributed by atoms with Crippen LogP contribution < -0.4 is 5.32 Å². The summed E-state index contributed by atoms with van der Waals surface area (Å²) in [5.74, 6) is 0.00501. The van der Waals surface area contributed by atoms with E-state index in [1.165, 1.54) is 5.56 Å². The summed E-state index contributed by atoms with van der Waals surface area (Å²) in [7, 11) is 0. The zero-order valence-corrected chi connectivity index (χ0v) is 13.5. The average Bonchev–Trinajstić information content (AvgIpc) is 2.58. The van der Waals surface area contributed by atoms with E-state index < -0.39 is 0 Å². The van der Waals surface area contributed by atoms with E-state index in [2.05, 4.69) is 42.3 Å². The first kappa shape index (κ1) is 15.5. The van der Waals surface area contributed by atoms with Crippen LogP contribution in [-0.4, -0.2) is 42.1 Å². The van der Waals surface area contributed by atoms with Gasteiger partial charge in [-0.25, -0.2) is 0 Å². The van der Waals surface area contributed by atoms with Crippen molar-refractivity contribution in [2.75, 3.05) is 31.6 Å². The van der Waals surface area contributed by atoms with E-state index in [0.717, 1.165) is 16.9 Å². The van der Waals surface area contributed by atoms with E-state index in [1.807, 2.05) is 11.0 Å². The van der Waals surface area contributed by atoms with Crippen LogP contribution >= 0.6 is 0 Å². The minimum atomic E-state index is 0.00501. The van der Waals surface area contributed by atoms with Crippen molar-refractivity contribution in [1.29, 1.82) is 0 Å². The number of pyridine rings is 1. The molecule has 5 nitrogen and oxygen atoms in total. The van der Waals surface area contributed by atoms with Crippen molar-refractivity contribution >= 4 is 17.3 Å². The molecule has 1 aromatic heterocycles. The van der Waals surface area contributed by atoms with Crippen LogP contribution in [0, 0.1) is 13.8 Å². The van der Waals surface area contributed by atoms with Crippen molar-refractivity contribution in [2.24, 2.45) is 0 Å². The molecule has 0 saturated carbocycles. The Labute approximate surface area is 136 Å². The molecule has 2 heterocycles. The average molecular weight is 311 g/mol. The maximum Gasteiger partial charge on any atom is 0.255 e. The number of aryl methyl sites for hydroxylation is 2. The molecule has 0 aliphatic carbocycles. The molecular weight excluding hydrogens is 290 g/mol. The largest absolute Gasteiger partial charge is 0.378 e. The number of nitrogens with one attached hydrogen (secondary N) is 1. The van der Waals surface area contributed by atoms with Crippen LogP contribution in [0.1, 0.15) is 21.5 Å². The van der Waals surface area contributed by atoms with E-state index in [4.69, 9.17) is 4.74 Å². The second-order valence-electron chi connectivity index (χ2n) is 5.81. The van der Waals surface area contributed by atoms with Crippen molar-refractivity contribution in [3.8, 4) is 0 Å². The van der Waals surface area contributed by atoms with Gasteiger partial charge in [0.2, 0.25) is 0 Å². The van der Waals surface area contributed by atoms with E-state index in [0.29, 0.717) is 31.9 Å². The molecule has 0 bridgehead atoms. The monoisotopic (exact) mass is 311 g/mol. The van der Waals surface area contributed by atoms with Crippen molar-refractivity contribution in [1.82, 2.24) is 9.88 Å². The summed E-state index contributed by atoms with van der Waals surface area (Å²) >= 11 is 0. The predicted octanol–water partition coefficient (Wildman–Crippen LogP) is 2.91. The number of anilines is 2. The highest BCUT2D eigenvalue weighted by atomic mass is 16.5. The lowest BCUT2D eigenvalue weighted by Gasteiger charge is -2.26. The number of rotatable bonds is 3. The summed E-state index contributed by atoms with van der Waals surface area (Å²) in [6.45, 7) is 6.57. The first-order valence-electron chi connectivity index (χ1n) is 7.80. The topological polar surface area (TPSA) is 54.5 Å². The van der Waals surface area contributed by atoms with Crippen LogP contribution in [-0.2, 0) is 4.74 Å². The molecule has 1 aromatic carbocycles. The Kier molecular flexibility index (Phi) is 4.57. The van der Waals surface area contributed by atoms with Crippen molar-refractivity contribution in [3.63, 3.8) is 0 Å². The molecule has 1 aliphatic heterocycles. The van der Waals surface area contributed by atoms with Gasteiger partial charge in [-0.05, 0) is 37.1 Å². The number of benzene rings is 1. The molecule has 0 spiro atoms. The molecule has 120 valence electrons. The molecule has 23 heavy (non-hydrogen) atoms. The number of hydrogen-bond acceptors (Lipinski definition) is 4. The smallest absolute Gasteiger partial charge is 0.255 e. The van der Waals surface area contributed by atoms with Gasteiger partial charge in [0.05, 0.1) is 30.7 Å². The number of nitrogens with zero attached hydrogens (tertiary/aromatic N) is 2. The number of hydrogen-bond donors (Lipinski definition) is 1. The fraction of sp³-hybridized carbons (Fsp3) is 0.333. The maximum absolute atomic E-state index is 12.5. The summed E-state index contributed by atoms with van der Waals surface area (Å²) in [6.07, 6.45) is 3.35. The lowest BCUT2D eigenvalue weighted by molar-refractivity contribution is 0.0302. The summed E-state index contributed by atoms with van der Waals surface area (Å²) in [5.41, 5.74) is 4.79. The van der Waals surface area contributed by atoms with Gasteiger partial charge in [0, 0.05) is 25.0 Å². The second kappa shape index (κ2) is 6.79. The molecule has 1 aliphatic rings. The van der Waals surface area contributed by atoms with Gasteiger partial charge in [0.15, 0.2) is 0 Å². The highest BCUT2D eigenvalue weighted by molar-refractivity contribution is 5.95. The Bertz CT molecular complexity index is 709. The molecule has 1 amide bonds. The molecule has 5 heteroatoms. The molecule has 0 atom stereocenters. The van der Waals surface area contributed by atoms with Crippen LogP contribution in [0.5, 0.6) is 0 Å². The standard InChI is InChI=1S/C18H21N3O2/c1-13-3-4-14(2)17(9-13)20-16-10-15(11-19-12-16)18(22)21-5-7-23-8-6-21/h3-4,9-12,20H,5-8H2,1-2H3. The van der Waals surface area contributed by atoms with Gasteiger partial charge in [0.25, 0.3) is 5.91 Å². The van der Waals surface area contributed by atoms with Gasteiger partial charge in [-0.1, -0.05) is 12.1 Å². The molecule has 3 rings (SSSR count). The van der Waals surface area contributed by atoms with Crippen molar-refractivity contribution in [2.45, 2.75) is 13.8 Å². The predicted molar refractivity (Wildman–Crippen MR) is 90.2 cm³/mol. The van der Waals surface area contributed by atoms with Crippen LogP contribution in [0.2, 0.25) is 0 Å². The van der Waals surface area contributed by atoms with E-state index in [9.17, 15) is 4.79 Å². The van der Waals surface area contributed by atoms with Gasteiger partial charge < -0.3 is 15.0 Å². The van der Waals surface area contributed by atoms with Gasteiger partial charge in [-0.15, -0.1) is 0 Å². The first-order chi connectivity index (χ1) is 11.1. The van der Waals surface area contributed by atoms with Crippen molar-refractivity contribution in [3.05, 3.63) is 53.3 Å². The number of carbonyl (C=O) groups excluding carboxylic acids is 1. The minimum absolute atomic E-state index is 0.00501. The van der Waals surface area contributed by atoms with Crippen LogP contribution in [0.3, 0.4) is 0 Å². The summed E-state index contributed by atoms with van der Waals surface area (Å²) in [4.78, 5) is 18.5. The SMILES string of the molecule is Cc1ccc(C)c(Nc2cncc(C(=O)N3CCOCC3)c2)c1. The van der Waals surface area contributed by atoms with Gasteiger partial charge >= 0.3 is 0 Å². The molecule has 0 radical (unpaired) electrons. The van der Waals surface area contributed by atoms with E-state index >= 15 is 0 Å². The summed E-state index contributed by atoms with van der Waals surface area (Å²) < 4.78 is 5.29. The fourth-order valence-corrected chi connectivity index (χ4v) is 2.60. The highest BCUT2D eigenvalue weighted by Gasteiger charge is 2.19. The molecule has 1 fully saturated rings. The Morgan fingerprint density at radius 2 is 1.96 bits per heavy atom. The molecular formula is C18H21N3O2. The quantitative estimate of drug-likeness (QED) is 0.947. The maximum atomic E-state index is 12.5. The van der Waals surface area contributed by atoms with Gasteiger partial charge in [-0.2, -0.15) is 0 Å². The van der Waals surface area contributed by atoms with E-state index in [-0.39, 0.29) is 5.91 Å². The number of aromatic nitrogens is 1. The first-order valence-corrected chi connectivity index (χ1v) is 7.80. The molecule has 1 saturated heterocycles. The minimum Gasteiger partial charge on any atom is -0.378 e. The second-order valence-corrected chi connectivity index (χ2v) is 5.81. The van der Waals surface area contributed by atoms with Crippen LogP contribution in [0.25, 0.3) is 0 Å².